The van der Waals surface area contributed by atoms with Crippen molar-refractivity contribution in [1.82, 2.24) is 10.2 Å². The van der Waals surface area contributed by atoms with Crippen molar-refractivity contribution in [3.63, 3.8) is 0 Å². The van der Waals surface area contributed by atoms with Crippen LogP contribution in [0.15, 0.2) is 0 Å². The van der Waals surface area contributed by atoms with Gasteiger partial charge in [0.2, 0.25) is 0 Å². The van der Waals surface area contributed by atoms with Gasteiger partial charge in [-0.2, -0.15) is 11.8 Å². The lowest BCUT2D eigenvalue weighted by atomic mass is 9.97. The van der Waals surface area contributed by atoms with Crippen molar-refractivity contribution in [2.45, 2.75) is 18.4 Å². The molecule has 4 nitrogen and oxygen atoms in total. The van der Waals surface area contributed by atoms with Crippen molar-refractivity contribution in [3.05, 3.63) is 0 Å². The predicted octanol–water partition coefficient (Wildman–Crippen LogP) is 0.488. The first kappa shape index (κ1) is 12.2. The fourth-order valence-corrected chi connectivity index (χ4v) is 3.84. The quantitative estimate of drug-likeness (QED) is 0.754. The molecule has 0 amide bonds. The largest absolute Gasteiger partial charge is 0.480 e. The summed E-state index contributed by atoms with van der Waals surface area (Å²) in [7, 11) is 2.12. The fourth-order valence-electron chi connectivity index (χ4n) is 2.48. The van der Waals surface area contributed by atoms with Crippen LogP contribution in [0.3, 0.4) is 0 Å². The Balaban J connectivity index is 1.85. The molecule has 0 aromatic heterocycles. The van der Waals surface area contributed by atoms with Crippen LogP contribution in [-0.4, -0.2) is 59.7 Å². The highest BCUT2D eigenvalue weighted by Crippen LogP contribution is 2.28. The van der Waals surface area contributed by atoms with Crippen LogP contribution >= 0.6 is 11.8 Å². The third-order valence-electron chi connectivity index (χ3n) is 3.65. The van der Waals surface area contributed by atoms with E-state index >= 15 is 0 Å². The molecule has 2 unspecified atom stereocenters. The van der Waals surface area contributed by atoms with Crippen LogP contribution in [0, 0.1) is 5.92 Å². The fraction of sp³-hybridized carbons (Fsp3) is 0.909. The molecule has 0 aromatic rings. The average molecular weight is 244 g/mol. The van der Waals surface area contributed by atoms with Crippen LogP contribution in [0.2, 0.25) is 0 Å². The van der Waals surface area contributed by atoms with Gasteiger partial charge < -0.3 is 15.3 Å². The van der Waals surface area contributed by atoms with Gasteiger partial charge in [0.05, 0.1) is 0 Å². The van der Waals surface area contributed by atoms with Crippen LogP contribution in [0.1, 0.15) is 12.8 Å². The second-order valence-corrected chi connectivity index (χ2v) is 6.09. The maximum Gasteiger partial charge on any atom is 0.324 e. The van der Waals surface area contributed by atoms with E-state index in [0.29, 0.717) is 11.7 Å². The number of carbonyl (C=O) groups is 1. The van der Waals surface area contributed by atoms with Gasteiger partial charge in [-0.15, -0.1) is 0 Å². The Bertz CT molecular complexity index is 267. The van der Waals surface area contributed by atoms with E-state index in [4.69, 9.17) is 0 Å². The third-order valence-corrected chi connectivity index (χ3v) is 4.84. The number of carboxylic acids is 1. The smallest absolute Gasteiger partial charge is 0.324 e. The lowest BCUT2D eigenvalue weighted by Crippen LogP contribution is -2.53. The minimum Gasteiger partial charge on any atom is -0.480 e. The molecule has 92 valence electrons. The number of carboxylic acid groups (broad SMARTS) is 1. The summed E-state index contributed by atoms with van der Waals surface area (Å²) in [5.74, 6) is 1.62. The molecular formula is C11H20N2O2S. The van der Waals surface area contributed by atoms with E-state index in [1.807, 2.05) is 0 Å². The van der Waals surface area contributed by atoms with Gasteiger partial charge in [-0.05, 0) is 38.1 Å². The summed E-state index contributed by atoms with van der Waals surface area (Å²) in [6, 6.07) is 0. The van der Waals surface area contributed by atoms with Crippen LogP contribution in [0.5, 0.6) is 0 Å². The van der Waals surface area contributed by atoms with Gasteiger partial charge in [0, 0.05) is 18.8 Å². The molecule has 0 aliphatic carbocycles. The van der Waals surface area contributed by atoms with E-state index in [-0.39, 0.29) is 0 Å². The second kappa shape index (κ2) is 4.94. The Labute approximate surface area is 101 Å². The van der Waals surface area contributed by atoms with Gasteiger partial charge in [0.1, 0.15) is 5.54 Å². The highest BCUT2D eigenvalue weighted by atomic mass is 32.2. The Morgan fingerprint density at radius 2 is 2.50 bits per heavy atom. The first-order valence-corrected chi connectivity index (χ1v) is 7.02. The van der Waals surface area contributed by atoms with Crippen molar-refractivity contribution in [1.29, 1.82) is 0 Å². The summed E-state index contributed by atoms with van der Waals surface area (Å²) in [4.78, 5) is 13.6. The zero-order valence-electron chi connectivity index (χ0n) is 9.74. The molecule has 0 radical (unpaired) electrons. The highest BCUT2D eigenvalue weighted by molar-refractivity contribution is 7.99. The van der Waals surface area contributed by atoms with Crippen molar-refractivity contribution in [2.24, 2.45) is 5.92 Å². The molecule has 0 spiro atoms. The van der Waals surface area contributed by atoms with E-state index in [1.54, 1.807) is 11.8 Å². The molecule has 0 bridgehead atoms. The van der Waals surface area contributed by atoms with E-state index < -0.39 is 11.5 Å². The summed E-state index contributed by atoms with van der Waals surface area (Å²) in [5, 5.41) is 12.6. The van der Waals surface area contributed by atoms with Crippen LogP contribution in [-0.2, 0) is 4.79 Å². The molecule has 2 atom stereocenters. The molecule has 2 aliphatic rings. The van der Waals surface area contributed by atoms with Crippen LogP contribution in [0.25, 0.3) is 0 Å². The van der Waals surface area contributed by atoms with E-state index in [1.165, 1.54) is 6.42 Å². The zero-order chi connectivity index (χ0) is 11.6. The number of nitrogens with zero attached hydrogens (tertiary/aromatic N) is 1. The predicted molar refractivity (Wildman–Crippen MR) is 65.9 cm³/mol. The molecule has 2 rings (SSSR count). The van der Waals surface area contributed by atoms with Gasteiger partial charge in [-0.25, -0.2) is 0 Å². The average Bonchev–Trinajstić information content (AvgIpc) is 2.84. The Kier molecular flexibility index (Phi) is 3.77. The third kappa shape index (κ3) is 2.52. The first-order chi connectivity index (χ1) is 7.62. The Morgan fingerprint density at radius 1 is 1.69 bits per heavy atom. The number of likely N-dealkylation sites (tertiary alicyclic amines) is 1. The SMILES string of the molecule is CN1CCC(CNC2(C(=O)O)CCSC2)C1. The monoisotopic (exact) mass is 244 g/mol. The van der Waals surface area contributed by atoms with Gasteiger partial charge in [0.15, 0.2) is 0 Å². The lowest BCUT2D eigenvalue weighted by Gasteiger charge is -2.26. The van der Waals surface area contributed by atoms with Gasteiger partial charge in [-0.3, -0.25) is 4.79 Å². The highest BCUT2D eigenvalue weighted by Gasteiger charge is 2.41. The van der Waals surface area contributed by atoms with Crippen molar-refractivity contribution in [3.8, 4) is 0 Å². The number of aliphatic carboxylic acids is 1. The van der Waals surface area contributed by atoms with E-state index in [0.717, 1.165) is 31.8 Å². The molecule has 0 aromatic carbocycles. The minimum absolute atomic E-state index is 0.617. The van der Waals surface area contributed by atoms with Crippen LogP contribution < -0.4 is 5.32 Å². The summed E-state index contributed by atoms with van der Waals surface area (Å²) in [5.41, 5.74) is -0.647. The number of rotatable bonds is 4. The van der Waals surface area contributed by atoms with E-state index in [9.17, 15) is 9.90 Å². The Hall–Kier alpha value is -0.260. The van der Waals surface area contributed by atoms with Crippen LogP contribution in [0.4, 0.5) is 0 Å². The maximum atomic E-state index is 11.3. The molecule has 0 saturated carbocycles. The number of nitrogens with one attached hydrogen (secondary N) is 1. The number of thioether (sulfide) groups is 1. The van der Waals surface area contributed by atoms with Gasteiger partial charge in [-0.1, -0.05) is 0 Å². The molecule has 2 saturated heterocycles. The van der Waals surface area contributed by atoms with E-state index in [2.05, 4.69) is 17.3 Å². The van der Waals surface area contributed by atoms with Gasteiger partial charge in [0.25, 0.3) is 0 Å². The topological polar surface area (TPSA) is 52.6 Å². The van der Waals surface area contributed by atoms with Crippen molar-refractivity contribution in [2.75, 3.05) is 38.2 Å². The standard InChI is InChI=1S/C11H20N2O2S/c1-13-4-2-9(7-13)6-12-11(10(14)15)3-5-16-8-11/h9,12H,2-8H2,1H3,(H,14,15). The molecule has 2 heterocycles. The summed E-state index contributed by atoms with van der Waals surface area (Å²) < 4.78 is 0. The first-order valence-electron chi connectivity index (χ1n) is 5.87. The minimum atomic E-state index is -0.677. The number of hydrogen-bond acceptors (Lipinski definition) is 4. The molecule has 5 heteroatoms. The molecule has 2 fully saturated rings. The molecule has 16 heavy (non-hydrogen) atoms. The maximum absolute atomic E-state index is 11.3. The van der Waals surface area contributed by atoms with Crippen molar-refractivity contribution >= 4 is 17.7 Å². The summed E-state index contributed by atoms with van der Waals surface area (Å²) >= 11 is 1.74. The van der Waals surface area contributed by atoms with Crippen molar-refractivity contribution < 1.29 is 9.90 Å². The summed E-state index contributed by atoms with van der Waals surface area (Å²) in [6.45, 7) is 3.08. The summed E-state index contributed by atoms with van der Waals surface area (Å²) in [6.07, 6.45) is 1.95. The normalized spacial score (nSPS) is 35.7. The zero-order valence-corrected chi connectivity index (χ0v) is 10.6. The second-order valence-electron chi connectivity index (χ2n) is 4.99. The molecule has 2 N–H and O–H groups in total. The van der Waals surface area contributed by atoms with Gasteiger partial charge >= 0.3 is 5.97 Å². The molecule has 2 aliphatic heterocycles. The Morgan fingerprint density at radius 3 is 3.00 bits per heavy atom. The lowest BCUT2D eigenvalue weighted by molar-refractivity contribution is -0.143. The molecular weight excluding hydrogens is 224 g/mol. The number of hydrogen-bond donors (Lipinski definition) is 2.